The first-order valence-electron chi connectivity index (χ1n) is 10.4. The Kier molecular flexibility index (Phi) is 6.84. The molecule has 4 atom stereocenters. The van der Waals surface area contributed by atoms with Crippen molar-refractivity contribution < 1.29 is 9.59 Å². The van der Waals surface area contributed by atoms with E-state index in [4.69, 9.17) is 23.2 Å². The van der Waals surface area contributed by atoms with Crippen molar-refractivity contribution >= 4 is 129 Å². The van der Waals surface area contributed by atoms with E-state index < -0.39 is 11.8 Å². The number of thiophene rings is 2. The fourth-order valence-corrected chi connectivity index (χ4v) is 11.2. The summed E-state index contributed by atoms with van der Waals surface area (Å²) in [5.74, 6) is -1.20. The molecule has 178 valence electrons. The second-order valence-corrected chi connectivity index (χ2v) is 16.1. The second kappa shape index (κ2) is 9.66. The molecule has 6 rings (SSSR count). The molecule has 3 aromatic rings. The van der Waals surface area contributed by atoms with Crippen molar-refractivity contribution in [3.63, 3.8) is 0 Å². The summed E-state index contributed by atoms with van der Waals surface area (Å²) in [7, 11) is 0. The maximum Gasteiger partial charge on any atom is 0.241 e. The van der Waals surface area contributed by atoms with E-state index in [0.29, 0.717) is 15.7 Å². The number of anilines is 1. The molecular weight excluding hydrogens is 693 g/mol. The van der Waals surface area contributed by atoms with Crippen molar-refractivity contribution in [3.8, 4) is 0 Å². The SMILES string of the molecule is O=C1C2C=C(c3cc(Cl)c(Br)s3)SC2C2SC(c3cc(Cl)c(Br)s3)=CC2C(=O)N1c1ccccc1. The van der Waals surface area contributed by atoms with E-state index in [2.05, 4.69) is 31.9 Å². The van der Waals surface area contributed by atoms with Crippen LogP contribution < -0.4 is 4.90 Å². The molecule has 1 saturated heterocycles. The Bertz CT molecular complexity index is 1310. The van der Waals surface area contributed by atoms with Crippen LogP contribution in [0.5, 0.6) is 0 Å². The zero-order valence-electron chi connectivity index (χ0n) is 17.4. The second-order valence-electron chi connectivity index (χ2n) is 8.09. The van der Waals surface area contributed by atoms with E-state index in [1.54, 1.807) is 46.2 Å². The maximum atomic E-state index is 13.9. The lowest BCUT2D eigenvalue weighted by atomic mass is 9.95. The summed E-state index contributed by atoms with van der Waals surface area (Å²) < 4.78 is 1.74. The molecule has 1 aromatic carbocycles. The number of rotatable bonds is 3. The molecule has 5 heterocycles. The highest BCUT2D eigenvalue weighted by atomic mass is 79.9. The van der Waals surface area contributed by atoms with Gasteiger partial charge in [-0.2, -0.15) is 0 Å². The minimum Gasteiger partial charge on any atom is -0.273 e. The maximum absolute atomic E-state index is 13.9. The lowest BCUT2D eigenvalue weighted by Gasteiger charge is -2.23. The first kappa shape index (κ1) is 24.8. The molecule has 2 aromatic heterocycles. The van der Waals surface area contributed by atoms with Crippen LogP contribution in [-0.2, 0) is 9.59 Å². The average molecular weight is 706 g/mol. The van der Waals surface area contributed by atoms with Gasteiger partial charge in [0.25, 0.3) is 0 Å². The molecule has 35 heavy (non-hydrogen) atoms. The van der Waals surface area contributed by atoms with Crippen molar-refractivity contribution in [2.45, 2.75) is 10.5 Å². The lowest BCUT2D eigenvalue weighted by molar-refractivity contribution is -0.127. The Balaban J connectivity index is 1.44. The standard InChI is InChI=1S/C24H13Br2Cl2NO2S4/c25-21-13(27)8-17(34-21)15-6-11-19(32-15)20-12(7-16(33-20)18-9-14(28)22(26)35-18)24(31)29(23(11)30)10-4-2-1-3-5-10/h1-9,11-12,19-20H. The molecule has 0 N–H and O–H groups in total. The zero-order valence-corrected chi connectivity index (χ0v) is 25.4. The molecule has 0 bridgehead atoms. The number of fused-ring (bicyclic) bond motifs is 3. The van der Waals surface area contributed by atoms with Crippen LogP contribution in [0.25, 0.3) is 9.81 Å². The smallest absolute Gasteiger partial charge is 0.241 e. The van der Waals surface area contributed by atoms with Crippen LogP contribution in [0, 0.1) is 11.8 Å². The van der Waals surface area contributed by atoms with Gasteiger partial charge in [-0.25, -0.2) is 4.90 Å². The van der Waals surface area contributed by atoms with Crippen molar-refractivity contribution in [3.05, 3.63) is 82.0 Å². The molecular formula is C24H13Br2Cl2NO2S4. The van der Waals surface area contributed by atoms with Crippen molar-refractivity contribution in [2.24, 2.45) is 11.8 Å². The number of halogens is 4. The van der Waals surface area contributed by atoms with Gasteiger partial charge in [-0.05, 0) is 56.1 Å². The van der Waals surface area contributed by atoms with Gasteiger partial charge < -0.3 is 0 Å². The third-order valence-electron chi connectivity index (χ3n) is 6.02. The van der Waals surface area contributed by atoms with E-state index in [1.807, 2.05) is 54.6 Å². The van der Waals surface area contributed by atoms with E-state index in [1.165, 1.54) is 4.90 Å². The normalized spacial score (nSPS) is 25.9. The number of hydrogen-bond acceptors (Lipinski definition) is 6. The quantitative estimate of drug-likeness (QED) is 0.255. The predicted molar refractivity (Wildman–Crippen MR) is 159 cm³/mol. The topological polar surface area (TPSA) is 37.4 Å². The summed E-state index contributed by atoms with van der Waals surface area (Å²) in [6.07, 6.45) is 4.05. The van der Waals surface area contributed by atoms with E-state index in [9.17, 15) is 9.59 Å². The van der Waals surface area contributed by atoms with Crippen molar-refractivity contribution in [1.29, 1.82) is 0 Å². The first-order valence-corrected chi connectivity index (χ1v) is 16.2. The van der Waals surface area contributed by atoms with Gasteiger partial charge >= 0.3 is 0 Å². The van der Waals surface area contributed by atoms with E-state index in [-0.39, 0.29) is 22.3 Å². The molecule has 0 radical (unpaired) electrons. The molecule has 3 aliphatic heterocycles. The number of thioether (sulfide) groups is 2. The van der Waals surface area contributed by atoms with Gasteiger partial charge in [-0.1, -0.05) is 53.6 Å². The van der Waals surface area contributed by atoms with Crippen LogP contribution in [-0.4, -0.2) is 22.3 Å². The van der Waals surface area contributed by atoms with Gasteiger partial charge in [0.2, 0.25) is 11.8 Å². The third kappa shape index (κ3) is 4.34. The first-order chi connectivity index (χ1) is 16.8. The van der Waals surface area contributed by atoms with Gasteiger partial charge in [0.05, 0.1) is 35.1 Å². The largest absolute Gasteiger partial charge is 0.273 e. The number of hydrogen-bond donors (Lipinski definition) is 0. The molecule has 0 saturated carbocycles. The van der Waals surface area contributed by atoms with Crippen LogP contribution in [0.2, 0.25) is 10.0 Å². The summed E-state index contributed by atoms with van der Waals surface area (Å²) in [6.45, 7) is 0. The van der Waals surface area contributed by atoms with Crippen molar-refractivity contribution in [1.82, 2.24) is 0 Å². The Labute approximate surface area is 245 Å². The van der Waals surface area contributed by atoms with Gasteiger partial charge in [0.1, 0.15) is 0 Å². The summed E-state index contributed by atoms with van der Waals surface area (Å²) >= 11 is 26.1. The molecule has 0 aliphatic carbocycles. The molecule has 2 amide bonds. The molecule has 0 spiro atoms. The number of para-hydroxylation sites is 1. The molecule has 1 fully saturated rings. The number of imide groups is 1. The van der Waals surface area contributed by atoms with Crippen LogP contribution in [0.3, 0.4) is 0 Å². The Morgan fingerprint density at radius 1 is 0.743 bits per heavy atom. The number of benzene rings is 1. The van der Waals surface area contributed by atoms with Crippen LogP contribution in [0.1, 0.15) is 9.75 Å². The lowest BCUT2D eigenvalue weighted by Crippen LogP contribution is -2.41. The fourth-order valence-electron chi connectivity index (χ4n) is 4.46. The highest BCUT2D eigenvalue weighted by molar-refractivity contribution is 9.11. The Morgan fingerprint density at radius 2 is 1.20 bits per heavy atom. The Hall–Kier alpha value is -0.520. The number of nitrogens with zero attached hydrogens (tertiary/aromatic N) is 1. The highest BCUT2D eigenvalue weighted by Crippen LogP contribution is 2.58. The molecule has 4 unspecified atom stereocenters. The van der Waals surface area contributed by atoms with E-state index >= 15 is 0 Å². The molecule has 3 nitrogen and oxygen atoms in total. The Morgan fingerprint density at radius 3 is 1.60 bits per heavy atom. The van der Waals surface area contributed by atoms with Gasteiger partial charge in [-0.3, -0.25) is 9.59 Å². The minimum absolute atomic E-state index is 0.0857. The minimum atomic E-state index is -0.423. The summed E-state index contributed by atoms with van der Waals surface area (Å²) in [4.78, 5) is 33.3. The van der Waals surface area contributed by atoms with Gasteiger partial charge in [-0.15, -0.1) is 46.2 Å². The molecule has 11 heteroatoms. The summed E-state index contributed by atoms with van der Waals surface area (Å²) in [5, 5.41) is 1.14. The van der Waals surface area contributed by atoms with E-state index in [0.717, 1.165) is 27.1 Å². The third-order valence-corrected chi connectivity index (χ3v) is 14.4. The summed E-state index contributed by atoms with van der Waals surface area (Å²) in [5.41, 5.74) is 0.601. The summed E-state index contributed by atoms with van der Waals surface area (Å²) in [6, 6.07) is 13.1. The predicted octanol–water partition coefficient (Wildman–Crippen LogP) is 9.06. The number of carbonyl (C=O) groups is 2. The molecule has 3 aliphatic rings. The van der Waals surface area contributed by atoms with Crippen molar-refractivity contribution in [2.75, 3.05) is 4.90 Å². The average Bonchev–Trinajstić information content (AvgIpc) is 3.60. The monoisotopic (exact) mass is 703 g/mol. The van der Waals surface area contributed by atoms with Crippen LogP contribution >= 0.6 is 101 Å². The van der Waals surface area contributed by atoms with Crippen LogP contribution in [0.15, 0.2) is 62.2 Å². The zero-order chi connectivity index (χ0) is 24.4. The number of amides is 2. The van der Waals surface area contributed by atoms with Crippen LogP contribution in [0.4, 0.5) is 5.69 Å². The highest BCUT2D eigenvalue weighted by Gasteiger charge is 2.53. The van der Waals surface area contributed by atoms with Gasteiger partial charge in [0.15, 0.2) is 0 Å². The van der Waals surface area contributed by atoms with Gasteiger partial charge in [0, 0.05) is 30.1 Å². The fraction of sp³-hybridized carbons (Fsp3) is 0.167. The number of carbonyl (C=O) groups excluding carboxylic acids is 2.